The van der Waals surface area contributed by atoms with Crippen LogP contribution < -0.4 is 5.32 Å². The molecule has 2 heterocycles. The number of rotatable bonds is 6. The van der Waals surface area contributed by atoms with Crippen LogP contribution in [0.4, 0.5) is 0 Å². The second-order valence-corrected chi connectivity index (χ2v) is 9.27. The Morgan fingerprint density at radius 3 is 2.59 bits per heavy atom. The van der Waals surface area contributed by atoms with Crippen LogP contribution in [0, 0.1) is 5.92 Å². The number of piperidine rings is 1. The Morgan fingerprint density at radius 1 is 1.22 bits per heavy atom. The minimum atomic E-state index is -3.51. The molecule has 9 heteroatoms. The fraction of sp³-hybridized carbons (Fsp3) is 0.389. The van der Waals surface area contributed by atoms with Gasteiger partial charge < -0.3 is 9.73 Å². The van der Waals surface area contributed by atoms with E-state index in [4.69, 9.17) is 27.6 Å². The van der Waals surface area contributed by atoms with Crippen molar-refractivity contribution in [1.82, 2.24) is 9.62 Å². The number of amides is 1. The number of nitrogens with zero attached hydrogens (tertiary/aromatic N) is 1. The van der Waals surface area contributed by atoms with E-state index < -0.39 is 10.0 Å². The third kappa shape index (κ3) is 5.25. The molecule has 0 aliphatic carbocycles. The van der Waals surface area contributed by atoms with E-state index in [0.29, 0.717) is 53.8 Å². The average Bonchev–Trinajstić information content (AvgIpc) is 3.16. The van der Waals surface area contributed by atoms with Crippen molar-refractivity contribution in [3.8, 4) is 0 Å². The summed E-state index contributed by atoms with van der Waals surface area (Å²) in [6, 6.07) is 8.32. The van der Waals surface area contributed by atoms with Crippen LogP contribution in [0.3, 0.4) is 0 Å². The van der Waals surface area contributed by atoms with Crippen molar-refractivity contribution in [2.45, 2.75) is 25.1 Å². The summed E-state index contributed by atoms with van der Waals surface area (Å²) in [6.45, 7) is 0.957. The van der Waals surface area contributed by atoms with Gasteiger partial charge in [-0.25, -0.2) is 12.7 Å². The summed E-state index contributed by atoms with van der Waals surface area (Å²) in [7, 11) is -3.51. The monoisotopic (exact) mass is 430 g/mol. The molecule has 0 spiro atoms. The molecule has 1 N–H and O–H groups in total. The number of carbonyl (C=O) groups excluding carboxylic acids is 1. The predicted molar refractivity (Wildman–Crippen MR) is 104 cm³/mol. The van der Waals surface area contributed by atoms with Gasteiger partial charge in [-0.3, -0.25) is 4.79 Å². The Hall–Kier alpha value is -1.54. The highest BCUT2D eigenvalue weighted by Crippen LogP contribution is 2.26. The normalized spacial score (nSPS) is 16.4. The smallest absolute Gasteiger partial charge is 0.223 e. The molecule has 146 valence electrons. The minimum Gasteiger partial charge on any atom is -0.467 e. The maximum atomic E-state index is 12.7. The molecule has 1 saturated heterocycles. The lowest BCUT2D eigenvalue weighted by atomic mass is 9.97. The molecule has 2 aromatic rings. The molecular formula is C18H20Cl2N2O4S. The first-order chi connectivity index (χ1) is 12.8. The molecule has 0 bridgehead atoms. The SMILES string of the molecule is O=C(NCc1ccco1)C1CCN(S(=O)(=O)Cc2ccc(Cl)cc2Cl)CC1. The highest BCUT2D eigenvalue weighted by atomic mass is 35.5. The maximum Gasteiger partial charge on any atom is 0.223 e. The first kappa shape index (κ1) is 20.2. The van der Waals surface area contributed by atoms with Crippen molar-refractivity contribution in [1.29, 1.82) is 0 Å². The molecule has 1 aliphatic heterocycles. The van der Waals surface area contributed by atoms with Gasteiger partial charge in [-0.1, -0.05) is 29.3 Å². The Kier molecular flexibility index (Phi) is 6.47. The van der Waals surface area contributed by atoms with Gasteiger partial charge >= 0.3 is 0 Å². The zero-order valence-electron chi connectivity index (χ0n) is 14.5. The van der Waals surface area contributed by atoms with Crippen LogP contribution in [-0.4, -0.2) is 31.7 Å². The summed E-state index contributed by atoms with van der Waals surface area (Å²) >= 11 is 11.9. The number of sulfonamides is 1. The zero-order chi connectivity index (χ0) is 19.4. The summed E-state index contributed by atoms with van der Waals surface area (Å²) in [5.74, 6) is 0.219. The summed E-state index contributed by atoms with van der Waals surface area (Å²) in [4.78, 5) is 12.3. The lowest BCUT2D eigenvalue weighted by molar-refractivity contribution is -0.126. The number of hydrogen-bond donors (Lipinski definition) is 1. The van der Waals surface area contributed by atoms with Gasteiger partial charge in [-0.15, -0.1) is 0 Å². The van der Waals surface area contributed by atoms with Gasteiger partial charge in [-0.05, 0) is 42.7 Å². The van der Waals surface area contributed by atoms with Gasteiger partial charge in [0.15, 0.2) is 0 Å². The molecule has 0 saturated carbocycles. The van der Waals surface area contributed by atoms with Crippen molar-refractivity contribution in [3.63, 3.8) is 0 Å². The van der Waals surface area contributed by atoms with E-state index in [1.165, 1.54) is 10.4 Å². The first-order valence-corrected chi connectivity index (χ1v) is 10.9. The van der Waals surface area contributed by atoms with Gasteiger partial charge in [0.1, 0.15) is 5.76 Å². The fourth-order valence-electron chi connectivity index (χ4n) is 3.05. The average molecular weight is 431 g/mol. The highest BCUT2D eigenvalue weighted by Gasteiger charge is 2.31. The Labute approximate surface area is 168 Å². The predicted octanol–water partition coefficient (Wildman–Crippen LogP) is 3.44. The molecule has 1 amide bonds. The van der Waals surface area contributed by atoms with Gasteiger partial charge in [0.05, 0.1) is 18.6 Å². The molecule has 0 radical (unpaired) electrons. The van der Waals surface area contributed by atoms with Crippen molar-refractivity contribution in [3.05, 3.63) is 58.0 Å². The largest absolute Gasteiger partial charge is 0.467 e. The van der Waals surface area contributed by atoms with Gasteiger partial charge in [0, 0.05) is 29.1 Å². The number of carbonyl (C=O) groups is 1. The molecule has 1 aliphatic rings. The third-order valence-corrected chi connectivity index (χ3v) is 7.00. The van der Waals surface area contributed by atoms with E-state index in [-0.39, 0.29) is 17.6 Å². The van der Waals surface area contributed by atoms with Crippen LogP contribution in [-0.2, 0) is 27.1 Å². The quantitative estimate of drug-likeness (QED) is 0.760. The van der Waals surface area contributed by atoms with Crippen LogP contribution in [0.25, 0.3) is 0 Å². The van der Waals surface area contributed by atoms with E-state index in [1.54, 1.807) is 30.5 Å². The number of furan rings is 1. The molecular weight excluding hydrogens is 411 g/mol. The highest BCUT2D eigenvalue weighted by molar-refractivity contribution is 7.88. The lowest BCUT2D eigenvalue weighted by Gasteiger charge is -2.30. The molecule has 27 heavy (non-hydrogen) atoms. The Balaban J connectivity index is 1.53. The number of hydrogen-bond acceptors (Lipinski definition) is 4. The van der Waals surface area contributed by atoms with E-state index in [9.17, 15) is 13.2 Å². The summed E-state index contributed by atoms with van der Waals surface area (Å²) in [6.07, 6.45) is 2.52. The summed E-state index contributed by atoms with van der Waals surface area (Å²) < 4.78 is 32.0. The second kappa shape index (κ2) is 8.65. The standard InChI is InChI=1S/C18H20Cl2N2O4S/c19-15-4-3-14(17(20)10-15)12-27(24,25)22-7-5-13(6-8-22)18(23)21-11-16-2-1-9-26-16/h1-4,9-10,13H,5-8,11-12H2,(H,21,23). The van der Waals surface area contributed by atoms with E-state index in [2.05, 4.69) is 5.32 Å². The van der Waals surface area contributed by atoms with Crippen LogP contribution in [0.5, 0.6) is 0 Å². The van der Waals surface area contributed by atoms with Crippen LogP contribution in [0.1, 0.15) is 24.2 Å². The lowest BCUT2D eigenvalue weighted by Crippen LogP contribution is -2.43. The minimum absolute atomic E-state index is 0.0795. The Morgan fingerprint density at radius 2 is 1.96 bits per heavy atom. The van der Waals surface area contributed by atoms with Crippen molar-refractivity contribution in [2.75, 3.05) is 13.1 Å². The van der Waals surface area contributed by atoms with Gasteiger partial charge in [0.2, 0.25) is 15.9 Å². The maximum absolute atomic E-state index is 12.7. The molecule has 0 unspecified atom stereocenters. The summed E-state index contributed by atoms with van der Waals surface area (Å²) in [5, 5.41) is 3.62. The molecule has 1 aromatic heterocycles. The Bertz CT molecular complexity index is 892. The summed E-state index contributed by atoms with van der Waals surface area (Å²) in [5.41, 5.74) is 0.513. The molecule has 6 nitrogen and oxygen atoms in total. The van der Waals surface area contributed by atoms with Gasteiger partial charge in [0.25, 0.3) is 0 Å². The van der Waals surface area contributed by atoms with E-state index >= 15 is 0 Å². The number of benzene rings is 1. The molecule has 1 fully saturated rings. The van der Waals surface area contributed by atoms with E-state index in [1.807, 2.05) is 0 Å². The molecule has 0 atom stereocenters. The zero-order valence-corrected chi connectivity index (χ0v) is 16.9. The van der Waals surface area contributed by atoms with E-state index in [0.717, 1.165) is 0 Å². The molecule has 1 aromatic carbocycles. The van der Waals surface area contributed by atoms with Crippen molar-refractivity contribution < 1.29 is 17.6 Å². The molecule has 3 rings (SSSR count). The van der Waals surface area contributed by atoms with Crippen LogP contribution >= 0.6 is 23.2 Å². The fourth-order valence-corrected chi connectivity index (χ4v) is 5.20. The topological polar surface area (TPSA) is 79.6 Å². The van der Waals surface area contributed by atoms with Crippen molar-refractivity contribution >= 4 is 39.1 Å². The van der Waals surface area contributed by atoms with Crippen molar-refractivity contribution in [2.24, 2.45) is 5.92 Å². The second-order valence-electron chi connectivity index (χ2n) is 6.46. The van der Waals surface area contributed by atoms with Crippen LogP contribution in [0.2, 0.25) is 10.0 Å². The van der Waals surface area contributed by atoms with Crippen LogP contribution in [0.15, 0.2) is 41.0 Å². The number of nitrogens with one attached hydrogen (secondary N) is 1. The number of halogens is 2. The van der Waals surface area contributed by atoms with Gasteiger partial charge in [-0.2, -0.15) is 0 Å². The first-order valence-electron chi connectivity index (χ1n) is 8.57. The third-order valence-electron chi connectivity index (χ3n) is 4.59.